The Labute approximate surface area is 163 Å². The maximum atomic E-state index is 14.6. The van der Waals surface area contributed by atoms with Crippen LogP contribution in [0.5, 0.6) is 5.88 Å². The van der Waals surface area contributed by atoms with E-state index in [-0.39, 0.29) is 41.2 Å². The number of ketones is 1. The molecular weight excluding hydrogens is 389 g/mol. The van der Waals surface area contributed by atoms with Crippen LogP contribution in [-0.4, -0.2) is 41.7 Å². The number of aromatic nitrogens is 2. The summed E-state index contributed by atoms with van der Waals surface area (Å²) in [5.74, 6) is -3.10. The van der Waals surface area contributed by atoms with Crippen LogP contribution in [-0.2, 0) is 16.7 Å². The fraction of sp³-hybridized carbons (Fsp3) is 0.368. The van der Waals surface area contributed by atoms with E-state index < -0.39 is 35.5 Å². The number of nitrogens with two attached hydrogens (primary N) is 1. The molecule has 2 N–H and O–H groups in total. The van der Waals surface area contributed by atoms with Crippen LogP contribution in [0.15, 0.2) is 29.5 Å². The number of carbonyl (C=O) groups is 1. The van der Waals surface area contributed by atoms with Gasteiger partial charge in [0.2, 0.25) is 5.88 Å². The summed E-state index contributed by atoms with van der Waals surface area (Å²) in [6, 6.07) is 1.89. The van der Waals surface area contributed by atoms with Gasteiger partial charge in [0.1, 0.15) is 24.0 Å². The molecule has 1 saturated carbocycles. The summed E-state index contributed by atoms with van der Waals surface area (Å²) in [4.78, 5) is 24.3. The van der Waals surface area contributed by atoms with E-state index in [9.17, 15) is 18.0 Å². The summed E-state index contributed by atoms with van der Waals surface area (Å²) < 4.78 is 53.2. The molecule has 10 heteroatoms. The smallest absolute Gasteiger partial charge is 0.283 e. The monoisotopic (exact) mass is 406 g/mol. The molecule has 29 heavy (non-hydrogen) atoms. The summed E-state index contributed by atoms with van der Waals surface area (Å²) in [7, 11) is 1.41. The van der Waals surface area contributed by atoms with E-state index >= 15 is 0 Å². The van der Waals surface area contributed by atoms with Crippen molar-refractivity contribution in [1.82, 2.24) is 9.97 Å². The molecule has 0 bridgehead atoms. The van der Waals surface area contributed by atoms with Gasteiger partial charge in [0.05, 0.1) is 19.5 Å². The van der Waals surface area contributed by atoms with Crippen LogP contribution in [0.3, 0.4) is 0 Å². The van der Waals surface area contributed by atoms with Crippen LogP contribution >= 0.6 is 0 Å². The minimum absolute atomic E-state index is 0.0351. The van der Waals surface area contributed by atoms with E-state index in [1.807, 2.05) is 0 Å². The predicted molar refractivity (Wildman–Crippen MR) is 95.2 cm³/mol. The zero-order valence-electron chi connectivity index (χ0n) is 15.4. The van der Waals surface area contributed by atoms with Gasteiger partial charge in [-0.1, -0.05) is 0 Å². The van der Waals surface area contributed by atoms with Gasteiger partial charge in [0.15, 0.2) is 17.4 Å². The lowest BCUT2D eigenvalue weighted by Gasteiger charge is -2.31. The number of rotatable bonds is 6. The Hall–Kier alpha value is -3.17. The van der Waals surface area contributed by atoms with Gasteiger partial charge >= 0.3 is 0 Å². The third-order valence-corrected chi connectivity index (χ3v) is 5.17. The predicted octanol–water partition coefficient (Wildman–Crippen LogP) is 2.09. The van der Waals surface area contributed by atoms with Gasteiger partial charge < -0.3 is 15.2 Å². The number of hydrogen-bond donors (Lipinski definition) is 1. The van der Waals surface area contributed by atoms with Crippen molar-refractivity contribution < 1.29 is 27.4 Å². The standard InChI is InChI=1S/C19H17F3N4O3/c1-28-16-7-24-13(6-25-16)14(27)4-9-2-11(17(22)12(21)3-9)19(8-20)10-5-15(10)29-18(23)26-19/h2-3,6-7,10,15H,4-5,8H2,1H3,(H2,23,26)/t10-,15+,19-/m0/s1. The van der Waals surface area contributed by atoms with Crippen LogP contribution in [0, 0.1) is 17.6 Å². The SMILES string of the molecule is COc1cnc(C(=O)Cc2cc(F)c(F)c([C@@]3(CF)N=C(N)O[C@@H]4C[C@@H]43)c2)cn1. The number of benzene rings is 1. The summed E-state index contributed by atoms with van der Waals surface area (Å²) in [5, 5.41) is 0. The fourth-order valence-corrected chi connectivity index (χ4v) is 3.63. The summed E-state index contributed by atoms with van der Waals surface area (Å²) in [6.45, 7) is -1.07. The number of alkyl halides is 1. The Morgan fingerprint density at radius 1 is 1.34 bits per heavy atom. The molecule has 1 aliphatic heterocycles. The zero-order valence-corrected chi connectivity index (χ0v) is 15.4. The summed E-state index contributed by atoms with van der Waals surface area (Å²) >= 11 is 0. The number of fused-ring (bicyclic) bond motifs is 1. The second-order valence-corrected chi connectivity index (χ2v) is 6.99. The van der Waals surface area contributed by atoms with Gasteiger partial charge in [-0.3, -0.25) is 4.79 Å². The number of amidine groups is 1. The van der Waals surface area contributed by atoms with E-state index in [0.29, 0.717) is 6.42 Å². The zero-order chi connectivity index (χ0) is 20.8. The minimum Gasteiger partial charge on any atom is -0.480 e. The summed E-state index contributed by atoms with van der Waals surface area (Å²) in [5.41, 5.74) is 3.86. The highest BCUT2D eigenvalue weighted by Gasteiger charge is 2.60. The van der Waals surface area contributed by atoms with Crippen molar-refractivity contribution in [3.8, 4) is 5.88 Å². The molecule has 4 rings (SSSR count). The molecule has 152 valence electrons. The highest BCUT2D eigenvalue weighted by atomic mass is 19.2. The van der Waals surface area contributed by atoms with E-state index in [4.69, 9.17) is 15.2 Å². The van der Waals surface area contributed by atoms with Crippen LogP contribution in [0.25, 0.3) is 0 Å². The van der Waals surface area contributed by atoms with Crippen LogP contribution < -0.4 is 10.5 Å². The van der Waals surface area contributed by atoms with Crippen LogP contribution in [0.1, 0.15) is 28.0 Å². The number of halogens is 3. The number of nitrogens with zero attached hydrogens (tertiary/aromatic N) is 3. The van der Waals surface area contributed by atoms with Crippen molar-refractivity contribution in [3.63, 3.8) is 0 Å². The molecule has 0 saturated heterocycles. The van der Waals surface area contributed by atoms with E-state index in [1.54, 1.807) is 0 Å². The lowest BCUT2D eigenvalue weighted by atomic mass is 9.84. The topological polar surface area (TPSA) is 99.7 Å². The van der Waals surface area contributed by atoms with Gasteiger partial charge in [-0.2, -0.15) is 0 Å². The molecule has 0 spiro atoms. The first-order valence-corrected chi connectivity index (χ1v) is 8.83. The maximum Gasteiger partial charge on any atom is 0.283 e. The molecule has 3 atom stereocenters. The molecule has 2 heterocycles. The van der Waals surface area contributed by atoms with Crippen molar-refractivity contribution in [3.05, 3.63) is 53.0 Å². The Balaban J connectivity index is 1.69. The van der Waals surface area contributed by atoms with Crippen LogP contribution in [0.2, 0.25) is 0 Å². The van der Waals surface area contributed by atoms with Gasteiger partial charge in [-0.15, -0.1) is 0 Å². The molecule has 2 aromatic rings. The number of aliphatic imine (C=N–C) groups is 1. The molecular formula is C19H17F3N4O3. The molecule has 0 radical (unpaired) electrons. The first kappa shape index (κ1) is 19.2. The average Bonchev–Trinajstić information content (AvgIpc) is 3.49. The van der Waals surface area contributed by atoms with Crippen molar-refractivity contribution in [2.45, 2.75) is 24.5 Å². The van der Waals surface area contributed by atoms with Gasteiger partial charge in [0.25, 0.3) is 6.02 Å². The van der Waals surface area contributed by atoms with E-state index in [0.717, 1.165) is 6.07 Å². The van der Waals surface area contributed by atoms with Gasteiger partial charge in [-0.05, 0) is 24.1 Å². The molecule has 0 amide bonds. The van der Waals surface area contributed by atoms with Crippen molar-refractivity contribution in [1.29, 1.82) is 0 Å². The normalized spacial score (nSPS) is 24.9. The lowest BCUT2D eigenvalue weighted by molar-refractivity contribution is 0.0987. The second kappa shape index (κ2) is 7.02. The third-order valence-electron chi connectivity index (χ3n) is 5.17. The second-order valence-electron chi connectivity index (χ2n) is 6.99. The first-order valence-electron chi connectivity index (χ1n) is 8.83. The molecule has 2 aliphatic rings. The fourth-order valence-electron chi connectivity index (χ4n) is 3.63. The highest BCUT2D eigenvalue weighted by molar-refractivity contribution is 5.95. The quantitative estimate of drug-likeness (QED) is 0.738. The highest BCUT2D eigenvalue weighted by Crippen LogP contribution is 2.53. The molecule has 1 aliphatic carbocycles. The molecule has 1 aromatic carbocycles. The molecule has 1 aromatic heterocycles. The summed E-state index contributed by atoms with van der Waals surface area (Å²) in [6.07, 6.45) is 2.26. The molecule has 7 nitrogen and oxygen atoms in total. The number of methoxy groups -OCH3 is 1. The van der Waals surface area contributed by atoms with Crippen LogP contribution in [0.4, 0.5) is 13.2 Å². The molecule has 0 unspecified atom stereocenters. The van der Waals surface area contributed by atoms with Gasteiger partial charge in [-0.25, -0.2) is 28.1 Å². The van der Waals surface area contributed by atoms with Gasteiger partial charge in [0, 0.05) is 17.9 Å². The Morgan fingerprint density at radius 2 is 2.14 bits per heavy atom. The Kier molecular flexibility index (Phi) is 4.64. The number of ether oxygens (including phenoxy) is 2. The van der Waals surface area contributed by atoms with Crippen molar-refractivity contribution >= 4 is 11.8 Å². The lowest BCUT2D eigenvalue weighted by Crippen LogP contribution is -2.40. The largest absolute Gasteiger partial charge is 0.480 e. The Bertz CT molecular complexity index is 999. The molecule has 1 fully saturated rings. The first-order chi connectivity index (χ1) is 13.9. The minimum atomic E-state index is -1.67. The van der Waals surface area contributed by atoms with Crippen molar-refractivity contribution in [2.24, 2.45) is 16.6 Å². The Morgan fingerprint density at radius 3 is 2.79 bits per heavy atom. The number of hydrogen-bond acceptors (Lipinski definition) is 7. The van der Waals surface area contributed by atoms with E-state index in [2.05, 4.69) is 15.0 Å². The maximum absolute atomic E-state index is 14.6. The average molecular weight is 406 g/mol. The number of Topliss-reactive ketones (excluding diaryl/α,β-unsaturated/α-hetero) is 1. The third kappa shape index (κ3) is 3.28. The van der Waals surface area contributed by atoms with E-state index in [1.165, 1.54) is 25.6 Å². The van der Waals surface area contributed by atoms with Crippen molar-refractivity contribution in [2.75, 3.05) is 13.8 Å². The number of carbonyl (C=O) groups excluding carboxylic acids is 1.